The summed E-state index contributed by atoms with van der Waals surface area (Å²) in [5.74, 6) is 0.946. The van der Waals surface area contributed by atoms with Gasteiger partial charge in [-0.25, -0.2) is 4.98 Å². The van der Waals surface area contributed by atoms with Gasteiger partial charge in [-0.2, -0.15) is 0 Å². The van der Waals surface area contributed by atoms with E-state index in [-0.39, 0.29) is 18.3 Å². The lowest BCUT2D eigenvalue weighted by Gasteiger charge is -2.24. The maximum atomic E-state index is 13.5. The largest absolute Gasteiger partial charge is 0.494 e. The molecule has 0 aliphatic heterocycles. The molecule has 0 unspecified atom stereocenters. The van der Waals surface area contributed by atoms with E-state index in [0.29, 0.717) is 29.7 Å². The van der Waals surface area contributed by atoms with Crippen LogP contribution in [0.4, 0.5) is 5.13 Å². The topological polar surface area (TPSA) is 72.7 Å². The Balaban J connectivity index is 0.00000341. The van der Waals surface area contributed by atoms with Gasteiger partial charge in [-0.3, -0.25) is 14.4 Å². The van der Waals surface area contributed by atoms with Crippen molar-refractivity contribution < 1.29 is 14.3 Å². The Kier molecular flexibility index (Phi) is 9.09. The Bertz CT molecular complexity index is 1000. The number of hydrogen-bond donors (Lipinski definition) is 0. The summed E-state index contributed by atoms with van der Waals surface area (Å²) in [4.78, 5) is 22.2. The highest BCUT2D eigenvalue weighted by molar-refractivity contribution is 7.22. The summed E-state index contributed by atoms with van der Waals surface area (Å²) >= 11 is 1.48. The Morgan fingerprint density at radius 1 is 1.19 bits per heavy atom. The van der Waals surface area contributed by atoms with Gasteiger partial charge in [0.1, 0.15) is 11.3 Å². The summed E-state index contributed by atoms with van der Waals surface area (Å²) in [7, 11) is 3.29. The molecule has 2 heterocycles. The first-order chi connectivity index (χ1) is 14.5. The van der Waals surface area contributed by atoms with Crippen LogP contribution in [0.3, 0.4) is 0 Å². The number of benzene rings is 1. The number of amides is 1. The highest BCUT2D eigenvalue weighted by Gasteiger charge is 2.26. The van der Waals surface area contributed by atoms with Crippen LogP contribution in [-0.2, 0) is 7.05 Å². The van der Waals surface area contributed by atoms with E-state index in [1.807, 2.05) is 25.1 Å². The normalized spacial score (nSPS) is 10.9. The number of aromatic nitrogens is 3. The molecule has 2 aromatic heterocycles. The van der Waals surface area contributed by atoms with Gasteiger partial charge in [0, 0.05) is 26.3 Å². The average molecular weight is 468 g/mol. The predicted octanol–water partition coefficient (Wildman–Crippen LogP) is 3.85. The van der Waals surface area contributed by atoms with Crippen molar-refractivity contribution in [2.24, 2.45) is 7.05 Å². The van der Waals surface area contributed by atoms with E-state index < -0.39 is 0 Å². The summed E-state index contributed by atoms with van der Waals surface area (Å²) in [6.45, 7) is 9.92. The summed E-state index contributed by atoms with van der Waals surface area (Å²) in [6, 6.07) is 5.80. The predicted molar refractivity (Wildman–Crippen MR) is 127 cm³/mol. The molecule has 0 radical (unpaired) electrons. The smallest absolute Gasteiger partial charge is 0.267 e. The van der Waals surface area contributed by atoms with E-state index in [1.165, 1.54) is 18.4 Å². The molecule has 0 spiro atoms. The van der Waals surface area contributed by atoms with Crippen LogP contribution < -0.4 is 14.4 Å². The number of nitrogens with zero attached hydrogens (tertiary/aromatic N) is 5. The van der Waals surface area contributed by atoms with Crippen molar-refractivity contribution in [1.29, 1.82) is 0 Å². The van der Waals surface area contributed by atoms with Crippen molar-refractivity contribution in [2.75, 3.05) is 44.8 Å². The molecule has 3 aromatic rings. The van der Waals surface area contributed by atoms with Crippen molar-refractivity contribution in [3.63, 3.8) is 0 Å². The van der Waals surface area contributed by atoms with Gasteiger partial charge in [0.15, 0.2) is 5.13 Å². The van der Waals surface area contributed by atoms with Crippen LogP contribution in [0, 0.1) is 0 Å². The fraction of sp³-hybridized carbons (Fsp3) is 0.476. The number of ether oxygens (including phenoxy) is 2. The minimum atomic E-state index is -0.170. The van der Waals surface area contributed by atoms with Crippen LogP contribution in [0.5, 0.6) is 11.6 Å². The fourth-order valence-electron chi connectivity index (χ4n) is 3.24. The minimum absolute atomic E-state index is 0. The summed E-state index contributed by atoms with van der Waals surface area (Å²) < 4.78 is 13.5. The lowest BCUT2D eigenvalue weighted by molar-refractivity contribution is 0.0981. The van der Waals surface area contributed by atoms with Gasteiger partial charge in [0.05, 0.1) is 23.9 Å². The van der Waals surface area contributed by atoms with Crippen LogP contribution in [0.15, 0.2) is 24.4 Å². The number of hydrogen-bond acceptors (Lipinski definition) is 7. The molecule has 0 atom stereocenters. The van der Waals surface area contributed by atoms with Gasteiger partial charge in [0.2, 0.25) is 5.88 Å². The molecule has 0 fully saturated rings. The van der Waals surface area contributed by atoms with Crippen molar-refractivity contribution in [1.82, 2.24) is 19.7 Å². The third kappa shape index (κ3) is 5.66. The van der Waals surface area contributed by atoms with E-state index in [1.54, 1.807) is 22.8 Å². The van der Waals surface area contributed by atoms with Crippen LogP contribution in [-0.4, -0.2) is 65.5 Å². The molecule has 0 saturated heterocycles. The van der Waals surface area contributed by atoms with Crippen molar-refractivity contribution in [3.05, 3.63) is 30.0 Å². The molecular formula is C21H30ClN5O3S. The first-order valence-corrected chi connectivity index (χ1v) is 11.0. The molecule has 0 saturated carbocycles. The van der Waals surface area contributed by atoms with Gasteiger partial charge in [-0.15, -0.1) is 17.5 Å². The number of likely N-dealkylation sites (N-methyl/N-ethyl adjacent to an activating group) is 1. The minimum Gasteiger partial charge on any atom is -0.494 e. The Morgan fingerprint density at radius 3 is 2.58 bits per heavy atom. The van der Waals surface area contributed by atoms with E-state index >= 15 is 0 Å². The number of rotatable bonds is 10. The summed E-state index contributed by atoms with van der Waals surface area (Å²) in [6.07, 6.45) is 1.69. The van der Waals surface area contributed by atoms with E-state index in [0.717, 1.165) is 35.6 Å². The second kappa shape index (κ2) is 11.3. The maximum Gasteiger partial charge on any atom is 0.267 e. The van der Waals surface area contributed by atoms with Crippen LogP contribution in [0.2, 0.25) is 0 Å². The van der Waals surface area contributed by atoms with E-state index in [2.05, 4.69) is 23.8 Å². The first kappa shape index (κ1) is 24.9. The maximum absolute atomic E-state index is 13.5. The Labute approximate surface area is 193 Å². The van der Waals surface area contributed by atoms with Gasteiger partial charge < -0.3 is 14.4 Å². The number of carbonyl (C=O) groups excluding carboxylic acids is 1. The molecule has 3 rings (SSSR count). The molecule has 0 N–H and O–H groups in total. The third-order valence-electron chi connectivity index (χ3n) is 4.89. The van der Waals surface area contributed by atoms with Crippen molar-refractivity contribution in [3.8, 4) is 11.6 Å². The second-order valence-electron chi connectivity index (χ2n) is 6.77. The number of thiazole rings is 1. The monoisotopic (exact) mass is 467 g/mol. The number of methoxy groups -OCH3 is 1. The van der Waals surface area contributed by atoms with Gasteiger partial charge >= 0.3 is 0 Å². The molecule has 8 nitrogen and oxygen atoms in total. The van der Waals surface area contributed by atoms with Gasteiger partial charge in [-0.1, -0.05) is 25.2 Å². The number of aryl methyl sites for hydroxylation is 1. The molecule has 1 amide bonds. The Hall–Kier alpha value is -2.36. The quantitative estimate of drug-likeness (QED) is 0.451. The highest BCUT2D eigenvalue weighted by Crippen LogP contribution is 2.33. The fourth-order valence-corrected chi connectivity index (χ4v) is 4.26. The SMILES string of the molecule is CCOc1ccc2nc(N(CCN(CC)CC)C(=O)c3cn(C)nc3OC)sc2c1.Cl. The summed E-state index contributed by atoms with van der Waals surface area (Å²) in [5.41, 5.74) is 1.27. The number of carbonyl (C=O) groups is 1. The first-order valence-electron chi connectivity index (χ1n) is 10.2. The average Bonchev–Trinajstić information content (AvgIpc) is 3.33. The lowest BCUT2D eigenvalue weighted by atomic mass is 10.3. The highest BCUT2D eigenvalue weighted by atomic mass is 35.5. The van der Waals surface area contributed by atoms with Gasteiger partial charge in [-0.05, 0) is 38.2 Å². The zero-order chi connectivity index (χ0) is 21.7. The lowest BCUT2D eigenvalue weighted by Crippen LogP contribution is -2.38. The number of halogens is 1. The van der Waals surface area contributed by atoms with Crippen LogP contribution >= 0.6 is 23.7 Å². The number of fused-ring (bicyclic) bond motifs is 1. The molecule has 10 heteroatoms. The van der Waals surface area contributed by atoms with E-state index in [9.17, 15) is 4.79 Å². The molecule has 0 aliphatic carbocycles. The third-order valence-corrected chi connectivity index (χ3v) is 5.93. The second-order valence-corrected chi connectivity index (χ2v) is 7.78. The van der Waals surface area contributed by atoms with Gasteiger partial charge in [0.25, 0.3) is 5.91 Å². The molecule has 0 aliphatic rings. The molecular weight excluding hydrogens is 438 g/mol. The standard InChI is InChI=1S/C21H29N5O3S.ClH/c1-6-25(7-2)11-12-26(20(27)16-14-24(4)23-19(16)28-5)21-22-17-10-9-15(29-8-3)13-18(17)30-21;/h9-10,13-14H,6-8,11-12H2,1-5H3;1H. The zero-order valence-corrected chi connectivity index (χ0v) is 20.3. The zero-order valence-electron chi connectivity index (χ0n) is 18.6. The molecule has 170 valence electrons. The van der Waals surface area contributed by atoms with Crippen LogP contribution in [0.1, 0.15) is 31.1 Å². The van der Waals surface area contributed by atoms with Crippen LogP contribution in [0.25, 0.3) is 10.2 Å². The Morgan fingerprint density at radius 2 is 1.94 bits per heavy atom. The molecule has 1 aromatic carbocycles. The molecule has 0 bridgehead atoms. The van der Waals surface area contributed by atoms with Crippen molar-refractivity contribution >= 4 is 45.0 Å². The number of anilines is 1. The molecule has 31 heavy (non-hydrogen) atoms. The van der Waals surface area contributed by atoms with Crippen molar-refractivity contribution in [2.45, 2.75) is 20.8 Å². The summed E-state index contributed by atoms with van der Waals surface area (Å²) in [5, 5.41) is 4.89. The van der Waals surface area contributed by atoms with E-state index in [4.69, 9.17) is 14.5 Å².